The zero-order valence-corrected chi connectivity index (χ0v) is 14.5. The van der Waals surface area contributed by atoms with Gasteiger partial charge in [-0.3, -0.25) is 0 Å². The second-order valence-corrected chi connectivity index (χ2v) is 7.06. The topological polar surface area (TPSA) is 89.8 Å². The van der Waals surface area contributed by atoms with E-state index in [1.165, 1.54) is 6.33 Å². The number of nitrogens with zero attached hydrogens (tertiary/aromatic N) is 4. The minimum Gasteiger partial charge on any atom is -0.396 e. The Kier molecular flexibility index (Phi) is 4.43. The smallest absolute Gasteiger partial charge is 0.163 e. The Morgan fingerprint density at radius 2 is 2.00 bits per heavy atom. The first-order valence-electron chi connectivity index (χ1n) is 7.71. The van der Waals surface area contributed by atoms with Gasteiger partial charge in [0.05, 0.1) is 17.6 Å². The highest BCUT2D eigenvalue weighted by Crippen LogP contribution is 2.28. The fraction of sp³-hybridized carbons (Fsp3) is 0.353. The highest BCUT2D eigenvalue weighted by molar-refractivity contribution is 6.31. The minimum atomic E-state index is -0.319. The third-order valence-corrected chi connectivity index (χ3v) is 4.32. The van der Waals surface area contributed by atoms with E-state index >= 15 is 0 Å². The molecule has 7 heteroatoms. The van der Waals surface area contributed by atoms with Crippen molar-refractivity contribution in [2.45, 2.75) is 26.8 Å². The van der Waals surface area contributed by atoms with Gasteiger partial charge in [0.1, 0.15) is 12.1 Å². The third-order valence-electron chi connectivity index (χ3n) is 3.95. The normalized spacial score (nSPS) is 12.0. The fourth-order valence-electron chi connectivity index (χ4n) is 2.62. The van der Waals surface area contributed by atoms with Crippen molar-refractivity contribution in [1.29, 1.82) is 0 Å². The molecule has 3 rings (SSSR count). The molecule has 0 amide bonds. The lowest BCUT2D eigenvalue weighted by Gasteiger charge is -2.21. The van der Waals surface area contributed by atoms with Gasteiger partial charge in [-0.2, -0.15) is 5.10 Å². The molecule has 2 heterocycles. The molecular weight excluding hydrogens is 326 g/mol. The van der Waals surface area contributed by atoms with E-state index in [1.54, 1.807) is 4.68 Å². The van der Waals surface area contributed by atoms with Crippen LogP contribution < -0.4 is 5.73 Å². The summed E-state index contributed by atoms with van der Waals surface area (Å²) in [4.78, 5) is 8.43. The van der Waals surface area contributed by atoms with Crippen LogP contribution in [-0.4, -0.2) is 31.5 Å². The largest absolute Gasteiger partial charge is 0.396 e. The van der Waals surface area contributed by atoms with Crippen LogP contribution in [0.5, 0.6) is 0 Å². The van der Waals surface area contributed by atoms with Gasteiger partial charge in [0.15, 0.2) is 5.65 Å². The lowest BCUT2D eigenvalue weighted by atomic mass is 9.95. The second kappa shape index (κ2) is 6.37. The van der Waals surface area contributed by atoms with E-state index in [0.29, 0.717) is 29.5 Å². The monoisotopic (exact) mass is 345 g/mol. The number of hydrogen-bond acceptors (Lipinski definition) is 5. The van der Waals surface area contributed by atoms with Crippen LogP contribution in [0, 0.1) is 5.41 Å². The fourth-order valence-corrected chi connectivity index (χ4v) is 2.82. The Balaban J connectivity index is 2.09. The Morgan fingerprint density at radius 3 is 2.71 bits per heavy atom. The Morgan fingerprint density at radius 1 is 1.25 bits per heavy atom. The van der Waals surface area contributed by atoms with E-state index in [4.69, 9.17) is 17.3 Å². The van der Waals surface area contributed by atoms with Crippen molar-refractivity contribution in [3.8, 4) is 0 Å². The SMILES string of the molecule is CC(C)(CO)Cn1nc(Cc2ccccc2Cl)c2c(N)ncnc21. The Labute approximate surface area is 145 Å². The van der Waals surface area contributed by atoms with Crippen LogP contribution in [0.2, 0.25) is 5.02 Å². The maximum absolute atomic E-state index is 9.54. The highest BCUT2D eigenvalue weighted by atomic mass is 35.5. The lowest BCUT2D eigenvalue weighted by Crippen LogP contribution is -2.24. The van der Waals surface area contributed by atoms with E-state index in [-0.39, 0.29) is 12.0 Å². The van der Waals surface area contributed by atoms with Crippen LogP contribution >= 0.6 is 11.6 Å². The summed E-state index contributed by atoms with van der Waals surface area (Å²) in [6.45, 7) is 4.52. The molecule has 6 nitrogen and oxygen atoms in total. The highest BCUT2D eigenvalue weighted by Gasteiger charge is 2.22. The van der Waals surface area contributed by atoms with Gasteiger partial charge in [-0.15, -0.1) is 0 Å². The number of fused-ring (bicyclic) bond motifs is 1. The minimum absolute atomic E-state index is 0.0504. The van der Waals surface area contributed by atoms with Crippen molar-refractivity contribution in [3.63, 3.8) is 0 Å². The number of nitrogens with two attached hydrogens (primary N) is 1. The molecule has 0 unspecified atom stereocenters. The molecule has 2 aromatic heterocycles. The summed E-state index contributed by atoms with van der Waals surface area (Å²) in [5.74, 6) is 0.398. The third kappa shape index (κ3) is 3.20. The molecular formula is C17H20ClN5O. The van der Waals surface area contributed by atoms with Crippen LogP contribution in [0.3, 0.4) is 0 Å². The molecule has 0 spiro atoms. The number of halogens is 1. The standard InChI is InChI=1S/C17H20ClN5O/c1-17(2,9-24)8-23-16-14(15(19)20-10-21-16)13(22-23)7-11-5-3-4-6-12(11)18/h3-6,10,24H,7-9H2,1-2H3,(H2,19,20,21). The molecule has 3 aromatic rings. The van der Waals surface area contributed by atoms with Crippen molar-refractivity contribution < 1.29 is 5.11 Å². The van der Waals surface area contributed by atoms with Crippen molar-refractivity contribution in [2.75, 3.05) is 12.3 Å². The summed E-state index contributed by atoms with van der Waals surface area (Å²) < 4.78 is 1.79. The van der Waals surface area contributed by atoms with Crippen molar-refractivity contribution in [1.82, 2.24) is 19.7 Å². The first kappa shape index (κ1) is 16.7. The molecule has 0 bridgehead atoms. The quantitative estimate of drug-likeness (QED) is 0.742. The molecule has 0 atom stereocenters. The number of aromatic nitrogens is 4. The first-order valence-corrected chi connectivity index (χ1v) is 8.09. The zero-order chi connectivity index (χ0) is 17.3. The maximum atomic E-state index is 9.54. The molecule has 0 aliphatic rings. The Bertz CT molecular complexity index is 875. The van der Waals surface area contributed by atoms with Crippen LogP contribution in [0.15, 0.2) is 30.6 Å². The second-order valence-electron chi connectivity index (χ2n) is 6.65. The van der Waals surface area contributed by atoms with Gasteiger partial charge in [0, 0.05) is 23.5 Å². The molecule has 0 aliphatic carbocycles. The summed E-state index contributed by atoms with van der Waals surface area (Å²) in [5, 5.41) is 15.7. The molecule has 0 saturated heterocycles. The summed E-state index contributed by atoms with van der Waals surface area (Å²) in [6, 6.07) is 7.65. The molecule has 24 heavy (non-hydrogen) atoms. The first-order chi connectivity index (χ1) is 11.4. The predicted octanol–water partition coefficient (Wildman–Crippen LogP) is 2.67. The van der Waals surface area contributed by atoms with Gasteiger partial charge in [-0.1, -0.05) is 43.6 Å². The number of nitrogen functional groups attached to an aromatic ring is 1. The number of aliphatic hydroxyl groups is 1. The van der Waals surface area contributed by atoms with Crippen LogP contribution in [0.4, 0.5) is 5.82 Å². The van der Waals surface area contributed by atoms with Crippen molar-refractivity contribution >= 4 is 28.5 Å². The van der Waals surface area contributed by atoms with Gasteiger partial charge in [-0.05, 0) is 11.6 Å². The van der Waals surface area contributed by atoms with Gasteiger partial charge >= 0.3 is 0 Å². The van der Waals surface area contributed by atoms with Gasteiger partial charge in [0.2, 0.25) is 0 Å². The van der Waals surface area contributed by atoms with Crippen molar-refractivity contribution in [2.24, 2.45) is 5.41 Å². The molecule has 0 aliphatic heterocycles. The van der Waals surface area contributed by atoms with E-state index in [2.05, 4.69) is 15.1 Å². The molecule has 3 N–H and O–H groups in total. The summed E-state index contributed by atoms with van der Waals surface area (Å²) >= 11 is 6.27. The number of aliphatic hydroxyl groups excluding tert-OH is 1. The number of benzene rings is 1. The summed E-state index contributed by atoms with van der Waals surface area (Å²) in [7, 11) is 0. The van der Waals surface area contributed by atoms with Gasteiger partial charge < -0.3 is 10.8 Å². The molecule has 126 valence electrons. The van der Waals surface area contributed by atoms with Crippen LogP contribution in [0.1, 0.15) is 25.1 Å². The van der Waals surface area contributed by atoms with Crippen molar-refractivity contribution in [3.05, 3.63) is 46.9 Å². The van der Waals surface area contributed by atoms with Crippen LogP contribution in [-0.2, 0) is 13.0 Å². The van der Waals surface area contributed by atoms with Crippen LogP contribution in [0.25, 0.3) is 11.0 Å². The number of hydrogen-bond donors (Lipinski definition) is 2. The summed E-state index contributed by atoms with van der Waals surface area (Å²) in [6.07, 6.45) is 1.97. The molecule has 0 saturated carbocycles. The maximum Gasteiger partial charge on any atom is 0.163 e. The predicted molar refractivity (Wildman–Crippen MR) is 94.9 cm³/mol. The lowest BCUT2D eigenvalue weighted by molar-refractivity contribution is 0.138. The van der Waals surface area contributed by atoms with E-state index in [9.17, 15) is 5.11 Å². The van der Waals surface area contributed by atoms with Gasteiger partial charge in [0.25, 0.3) is 0 Å². The number of rotatable bonds is 5. The average Bonchev–Trinajstić information content (AvgIpc) is 2.88. The molecule has 1 aromatic carbocycles. The van der Waals surface area contributed by atoms with E-state index in [1.807, 2.05) is 38.1 Å². The van der Waals surface area contributed by atoms with E-state index in [0.717, 1.165) is 16.6 Å². The molecule has 0 fully saturated rings. The zero-order valence-electron chi connectivity index (χ0n) is 13.7. The van der Waals surface area contributed by atoms with Gasteiger partial charge in [-0.25, -0.2) is 14.6 Å². The summed E-state index contributed by atoms with van der Waals surface area (Å²) in [5.41, 5.74) is 8.17. The Hall–Kier alpha value is -2.18. The molecule has 0 radical (unpaired) electrons. The van der Waals surface area contributed by atoms with E-state index < -0.39 is 0 Å². The average molecular weight is 346 g/mol. The number of anilines is 1.